The molecule has 4 heteroatoms. The molecular weight excluding hydrogens is 272 g/mol. The van der Waals surface area contributed by atoms with Crippen molar-refractivity contribution in [2.45, 2.75) is 38.1 Å². The second-order valence-corrected chi connectivity index (χ2v) is 6.36. The standard InChI is InChI=1S/C18H28N4/c1-3-22-10-6-8-16(22)13-21-18(19-2)20-12-15-11-14-7-4-5-9-17(14)15/h4-5,7,9,15-16H,3,6,8,10-13H2,1-2H3,(H2,19,20,21). The Morgan fingerprint density at radius 3 is 2.86 bits per heavy atom. The quantitative estimate of drug-likeness (QED) is 0.645. The first-order valence-electron chi connectivity index (χ1n) is 8.58. The van der Waals surface area contributed by atoms with Gasteiger partial charge < -0.3 is 10.6 Å². The van der Waals surface area contributed by atoms with Gasteiger partial charge in [-0.25, -0.2) is 0 Å². The van der Waals surface area contributed by atoms with Gasteiger partial charge in [0.1, 0.15) is 0 Å². The van der Waals surface area contributed by atoms with E-state index in [4.69, 9.17) is 0 Å². The van der Waals surface area contributed by atoms with Crippen LogP contribution < -0.4 is 10.6 Å². The highest BCUT2D eigenvalue weighted by Gasteiger charge is 2.26. The minimum Gasteiger partial charge on any atom is -0.356 e. The number of fused-ring (bicyclic) bond motifs is 1. The molecule has 0 spiro atoms. The van der Waals surface area contributed by atoms with Crippen LogP contribution in [0.25, 0.3) is 0 Å². The van der Waals surface area contributed by atoms with Crippen molar-refractivity contribution in [3.05, 3.63) is 35.4 Å². The summed E-state index contributed by atoms with van der Waals surface area (Å²) in [6, 6.07) is 9.41. The molecule has 3 rings (SSSR count). The molecule has 2 atom stereocenters. The van der Waals surface area contributed by atoms with Crippen LogP contribution in [-0.4, -0.2) is 50.1 Å². The lowest BCUT2D eigenvalue weighted by Crippen LogP contribution is -2.46. The molecule has 2 unspecified atom stereocenters. The third-order valence-corrected chi connectivity index (χ3v) is 5.11. The highest BCUT2D eigenvalue weighted by molar-refractivity contribution is 5.79. The highest BCUT2D eigenvalue weighted by Crippen LogP contribution is 2.33. The average Bonchev–Trinajstić information content (AvgIpc) is 2.98. The summed E-state index contributed by atoms with van der Waals surface area (Å²) in [6.45, 7) is 6.61. The number of guanidine groups is 1. The summed E-state index contributed by atoms with van der Waals surface area (Å²) >= 11 is 0. The van der Waals surface area contributed by atoms with Crippen LogP contribution in [-0.2, 0) is 6.42 Å². The lowest BCUT2D eigenvalue weighted by Gasteiger charge is -2.31. The van der Waals surface area contributed by atoms with Crippen LogP contribution in [0.2, 0.25) is 0 Å². The highest BCUT2D eigenvalue weighted by atomic mass is 15.2. The Morgan fingerprint density at radius 1 is 1.27 bits per heavy atom. The van der Waals surface area contributed by atoms with Gasteiger partial charge in [0, 0.05) is 32.1 Å². The van der Waals surface area contributed by atoms with Crippen LogP contribution in [0.5, 0.6) is 0 Å². The molecular formula is C18H28N4. The molecule has 1 aliphatic heterocycles. The molecule has 1 heterocycles. The molecule has 1 aliphatic carbocycles. The number of hydrogen-bond acceptors (Lipinski definition) is 2. The van der Waals surface area contributed by atoms with E-state index in [2.05, 4.69) is 51.7 Å². The molecule has 2 aliphatic rings. The fourth-order valence-corrected chi connectivity index (χ4v) is 3.74. The molecule has 120 valence electrons. The van der Waals surface area contributed by atoms with E-state index in [1.165, 1.54) is 36.9 Å². The Bertz CT molecular complexity index is 526. The second-order valence-electron chi connectivity index (χ2n) is 6.36. The molecule has 1 saturated heterocycles. The third kappa shape index (κ3) is 3.27. The number of aliphatic imine (C=N–C) groups is 1. The van der Waals surface area contributed by atoms with Crippen molar-refractivity contribution in [1.29, 1.82) is 0 Å². The lowest BCUT2D eigenvalue weighted by molar-refractivity contribution is 0.267. The van der Waals surface area contributed by atoms with Gasteiger partial charge in [0.05, 0.1) is 0 Å². The van der Waals surface area contributed by atoms with E-state index in [-0.39, 0.29) is 0 Å². The van der Waals surface area contributed by atoms with E-state index < -0.39 is 0 Å². The van der Waals surface area contributed by atoms with Gasteiger partial charge >= 0.3 is 0 Å². The molecule has 0 saturated carbocycles. The molecule has 0 amide bonds. The number of likely N-dealkylation sites (tertiary alicyclic amines) is 1. The van der Waals surface area contributed by atoms with E-state index in [1.807, 2.05) is 7.05 Å². The first kappa shape index (κ1) is 15.3. The van der Waals surface area contributed by atoms with Crippen molar-refractivity contribution in [2.75, 3.05) is 33.2 Å². The number of nitrogens with zero attached hydrogens (tertiary/aromatic N) is 2. The zero-order valence-electron chi connectivity index (χ0n) is 13.8. The van der Waals surface area contributed by atoms with Crippen molar-refractivity contribution in [3.8, 4) is 0 Å². The number of rotatable bonds is 5. The van der Waals surface area contributed by atoms with Crippen molar-refractivity contribution >= 4 is 5.96 Å². The van der Waals surface area contributed by atoms with Crippen molar-refractivity contribution in [3.63, 3.8) is 0 Å². The van der Waals surface area contributed by atoms with Crippen LogP contribution in [0.3, 0.4) is 0 Å². The van der Waals surface area contributed by atoms with Gasteiger partial charge in [-0.3, -0.25) is 9.89 Å². The van der Waals surface area contributed by atoms with Gasteiger partial charge in [0.25, 0.3) is 0 Å². The maximum absolute atomic E-state index is 4.36. The van der Waals surface area contributed by atoms with Crippen molar-refractivity contribution < 1.29 is 0 Å². The summed E-state index contributed by atoms with van der Waals surface area (Å²) in [5, 5.41) is 6.99. The molecule has 0 bridgehead atoms. The molecule has 0 aromatic heterocycles. The number of benzene rings is 1. The molecule has 1 fully saturated rings. The van der Waals surface area contributed by atoms with E-state index in [0.29, 0.717) is 12.0 Å². The summed E-state index contributed by atoms with van der Waals surface area (Å²) in [6.07, 6.45) is 3.81. The summed E-state index contributed by atoms with van der Waals surface area (Å²) in [4.78, 5) is 6.92. The summed E-state index contributed by atoms with van der Waals surface area (Å²) < 4.78 is 0. The minimum absolute atomic E-state index is 0.633. The smallest absolute Gasteiger partial charge is 0.191 e. The molecule has 1 aromatic carbocycles. The largest absolute Gasteiger partial charge is 0.356 e. The van der Waals surface area contributed by atoms with Gasteiger partial charge in [-0.05, 0) is 43.5 Å². The van der Waals surface area contributed by atoms with E-state index in [9.17, 15) is 0 Å². The second kappa shape index (κ2) is 7.14. The van der Waals surface area contributed by atoms with Gasteiger partial charge in [-0.1, -0.05) is 31.2 Å². The van der Waals surface area contributed by atoms with Crippen LogP contribution in [0.15, 0.2) is 29.3 Å². The third-order valence-electron chi connectivity index (χ3n) is 5.11. The first-order valence-corrected chi connectivity index (χ1v) is 8.58. The number of hydrogen-bond donors (Lipinski definition) is 2. The van der Waals surface area contributed by atoms with Gasteiger partial charge in [-0.15, -0.1) is 0 Å². The zero-order chi connectivity index (χ0) is 15.4. The topological polar surface area (TPSA) is 39.7 Å². The fraction of sp³-hybridized carbons (Fsp3) is 0.611. The van der Waals surface area contributed by atoms with E-state index >= 15 is 0 Å². The molecule has 4 nitrogen and oxygen atoms in total. The van der Waals surface area contributed by atoms with Crippen LogP contribution >= 0.6 is 0 Å². The normalized spacial score (nSPS) is 24.7. The summed E-state index contributed by atoms with van der Waals surface area (Å²) in [5.41, 5.74) is 3.00. The van der Waals surface area contributed by atoms with Crippen molar-refractivity contribution in [1.82, 2.24) is 15.5 Å². The monoisotopic (exact) mass is 300 g/mol. The minimum atomic E-state index is 0.633. The predicted molar refractivity (Wildman–Crippen MR) is 92.5 cm³/mol. The summed E-state index contributed by atoms with van der Waals surface area (Å²) in [7, 11) is 1.86. The van der Waals surface area contributed by atoms with Crippen LogP contribution in [0, 0.1) is 0 Å². The van der Waals surface area contributed by atoms with E-state index in [1.54, 1.807) is 0 Å². The number of nitrogens with one attached hydrogen (secondary N) is 2. The van der Waals surface area contributed by atoms with Gasteiger partial charge in [0.15, 0.2) is 5.96 Å². The van der Waals surface area contributed by atoms with Gasteiger partial charge in [0.2, 0.25) is 0 Å². The predicted octanol–water partition coefficient (Wildman–Crippen LogP) is 1.98. The van der Waals surface area contributed by atoms with E-state index in [0.717, 1.165) is 25.6 Å². The molecule has 22 heavy (non-hydrogen) atoms. The first-order chi connectivity index (χ1) is 10.8. The van der Waals surface area contributed by atoms with Gasteiger partial charge in [-0.2, -0.15) is 0 Å². The maximum Gasteiger partial charge on any atom is 0.191 e. The van der Waals surface area contributed by atoms with Crippen LogP contribution in [0.4, 0.5) is 0 Å². The van der Waals surface area contributed by atoms with Crippen LogP contribution in [0.1, 0.15) is 36.8 Å². The SMILES string of the molecule is CCN1CCCC1CNC(=NC)NCC1Cc2ccccc21. The Labute approximate surface area is 134 Å². The molecule has 2 N–H and O–H groups in total. The Morgan fingerprint density at radius 2 is 2.09 bits per heavy atom. The Kier molecular flexibility index (Phi) is 4.98. The zero-order valence-corrected chi connectivity index (χ0v) is 13.8. The number of likely N-dealkylation sites (N-methyl/N-ethyl adjacent to an activating group) is 1. The average molecular weight is 300 g/mol. The summed E-state index contributed by atoms with van der Waals surface area (Å²) in [5.74, 6) is 1.57. The molecule has 0 radical (unpaired) electrons. The lowest BCUT2D eigenvalue weighted by atomic mass is 9.78. The Balaban J connectivity index is 1.43. The fourth-order valence-electron chi connectivity index (χ4n) is 3.74. The maximum atomic E-state index is 4.36. The molecule has 1 aromatic rings. The Hall–Kier alpha value is -1.55. The van der Waals surface area contributed by atoms with Crippen molar-refractivity contribution in [2.24, 2.45) is 4.99 Å².